The summed E-state index contributed by atoms with van der Waals surface area (Å²) in [5.74, 6) is 0.282. The molecule has 0 amide bonds. The number of hydrogen-bond donors (Lipinski definition) is 0. The number of ketones is 1. The van der Waals surface area contributed by atoms with E-state index in [1.54, 1.807) is 0 Å². The molecule has 17 heavy (non-hydrogen) atoms. The third-order valence-electron chi connectivity index (χ3n) is 3.33. The molecule has 0 aliphatic carbocycles. The van der Waals surface area contributed by atoms with Crippen molar-refractivity contribution in [1.29, 1.82) is 0 Å². The van der Waals surface area contributed by atoms with E-state index in [1.807, 2.05) is 30.3 Å². The molecule has 1 fully saturated rings. The van der Waals surface area contributed by atoms with Crippen LogP contribution in [0.5, 0.6) is 0 Å². The Kier molecular flexibility index (Phi) is 5.66. The highest BCUT2D eigenvalue weighted by molar-refractivity contribution is 6.00. The summed E-state index contributed by atoms with van der Waals surface area (Å²) in [7, 11) is 0. The Bertz CT molecular complexity index is 346. The summed E-state index contributed by atoms with van der Waals surface area (Å²) < 4.78 is 0. The number of rotatable bonds is 4. The van der Waals surface area contributed by atoms with Crippen LogP contribution in [0.15, 0.2) is 30.3 Å². The molecule has 0 saturated carbocycles. The first-order chi connectivity index (χ1) is 7.83. The number of Topliss-reactive ketones (excluding diaryl/α,β-unsaturated/α-hetero) is 1. The second kappa shape index (κ2) is 6.77. The van der Waals surface area contributed by atoms with E-state index in [9.17, 15) is 4.79 Å². The van der Waals surface area contributed by atoms with E-state index in [0.717, 1.165) is 25.1 Å². The predicted molar refractivity (Wildman–Crippen MR) is 72.9 cm³/mol. The number of likely N-dealkylation sites (tertiary alicyclic amines) is 1. The van der Waals surface area contributed by atoms with Gasteiger partial charge in [0.25, 0.3) is 0 Å². The lowest BCUT2D eigenvalue weighted by atomic mass is 10.0. The second-order valence-corrected chi connectivity index (χ2v) is 4.40. The van der Waals surface area contributed by atoms with Gasteiger partial charge >= 0.3 is 0 Å². The average Bonchev–Trinajstić information content (AvgIpc) is 2.85. The third-order valence-corrected chi connectivity index (χ3v) is 3.33. The van der Waals surface area contributed by atoms with Gasteiger partial charge in [0.1, 0.15) is 0 Å². The van der Waals surface area contributed by atoms with Gasteiger partial charge in [0.2, 0.25) is 0 Å². The highest BCUT2D eigenvalue weighted by Gasteiger charge is 2.26. The molecule has 1 aromatic carbocycles. The van der Waals surface area contributed by atoms with Crippen molar-refractivity contribution in [2.75, 3.05) is 13.1 Å². The summed E-state index contributed by atoms with van der Waals surface area (Å²) >= 11 is 0. The number of hydrogen-bond acceptors (Lipinski definition) is 2. The standard InChI is InChI=1S/C14H19NO.ClH/c1-2-13(15-10-6-7-11-15)14(16)12-8-4-3-5-9-12;/h3-5,8-9,13H,2,6-7,10-11H2,1H3;1H. The first kappa shape index (κ1) is 14.2. The zero-order valence-corrected chi connectivity index (χ0v) is 11.1. The van der Waals surface area contributed by atoms with Gasteiger partial charge in [-0.05, 0) is 32.4 Å². The van der Waals surface area contributed by atoms with E-state index < -0.39 is 0 Å². The van der Waals surface area contributed by atoms with Gasteiger partial charge in [-0.1, -0.05) is 37.3 Å². The molecular formula is C14H20ClNO. The van der Waals surface area contributed by atoms with Crippen LogP contribution < -0.4 is 0 Å². The first-order valence-electron chi connectivity index (χ1n) is 6.16. The minimum absolute atomic E-state index is 0. The molecule has 1 unspecified atom stereocenters. The second-order valence-electron chi connectivity index (χ2n) is 4.40. The predicted octanol–water partition coefficient (Wildman–Crippen LogP) is 3.17. The number of carbonyl (C=O) groups excluding carboxylic acids is 1. The Labute approximate surface area is 109 Å². The van der Waals surface area contributed by atoms with Crippen molar-refractivity contribution in [2.24, 2.45) is 0 Å². The molecule has 1 aromatic rings. The average molecular weight is 254 g/mol. The summed E-state index contributed by atoms with van der Waals surface area (Å²) in [5.41, 5.74) is 0.848. The third kappa shape index (κ3) is 3.30. The van der Waals surface area contributed by atoms with Crippen LogP contribution in [0, 0.1) is 0 Å². The van der Waals surface area contributed by atoms with Crippen molar-refractivity contribution >= 4 is 18.2 Å². The number of benzene rings is 1. The smallest absolute Gasteiger partial charge is 0.179 e. The molecule has 1 aliphatic heterocycles. The lowest BCUT2D eigenvalue weighted by molar-refractivity contribution is 0.0844. The Morgan fingerprint density at radius 2 is 1.82 bits per heavy atom. The van der Waals surface area contributed by atoms with Crippen molar-refractivity contribution in [3.63, 3.8) is 0 Å². The van der Waals surface area contributed by atoms with Crippen LogP contribution in [0.2, 0.25) is 0 Å². The quantitative estimate of drug-likeness (QED) is 0.769. The number of nitrogens with zero attached hydrogens (tertiary/aromatic N) is 1. The van der Waals surface area contributed by atoms with Crippen molar-refractivity contribution in [3.8, 4) is 0 Å². The van der Waals surface area contributed by atoms with Crippen LogP contribution in [-0.2, 0) is 0 Å². The topological polar surface area (TPSA) is 20.3 Å². The normalized spacial score (nSPS) is 17.5. The molecule has 0 radical (unpaired) electrons. The van der Waals surface area contributed by atoms with Gasteiger partial charge in [-0.25, -0.2) is 0 Å². The van der Waals surface area contributed by atoms with E-state index in [4.69, 9.17) is 0 Å². The molecule has 0 N–H and O–H groups in total. The molecule has 0 bridgehead atoms. The highest BCUT2D eigenvalue weighted by Crippen LogP contribution is 2.17. The molecule has 2 nitrogen and oxygen atoms in total. The SMILES string of the molecule is CCC(C(=O)c1ccccc1)N1CCCC1.Cl. The number of halogens is 1. The van der Waals surface area contributed by atoms with E-state index in [2.05, 4.69) is 11.8 Å². The van der Waals surface area contributed by atoms with Crippen molar-refractivity contribution in [3.05, 3.63) is 35.9 Å². The molecule has 3 heteroatoms. The van der Waals surface area contributed by atoms with Crippen LogP contribution in [0.3, 0.4) is 0 Å². The minimum Gasteiger partial charge on any atom is -0.293 e. The fourth-order valence-electron chi connectivity index (χ4n) is 2.46. The summed E-state index contributed by atoms with van der Waals surface area (Å²) in [5, 5.41) is 0. The fourth-order valence-corrected chi connectivity index (χ4v) is 2.46. The van der Waals surface area contributed by atoms with E-state index in [-0.39, 0.29) is 24.2 Å². The minimum atomic E-state index is 0. The van der Waals surface area contributed by atoms with Crippen LogP contribution in [-0.4, -0.2) is 29.8 Å². The van der Waals surface area contributed by atoms with Crippen LogP contribution in [0.1, 0.15) is 36.5 Å². The van der Waals surface area contributed by atoms with Crippen LogP contribution >= 0.6 is 12.4 Å². The highest BCUT2D eigenvalue weighted by atomic mass is 35.5. The van der Waals surface area contributed by atoms with Gasteiger partial charge < -0.3 is 0 Å². The Balaban J connectivity index is 0.00000144. The van der Waals surface area contributed by atoms with Crippen molar-refractivity contribution in [1.82, 2.24) is 4.90 Å². The van der Waals surface area contributed by atoms with E-state index >= 15 is 0 Å². The fraction of sp³-hybridized carbons (Fsp3) is 0.500. The zero-order chi connectivity index (χ0) is 11.4. The van der Waals surface area contributed by atoms with Gasteiger partial charge in [-0.3, -0.25) is 9.69 Å². The molecule has 1 aliphatic rings. The van der Waals surface area contributed by atoms with Crippen molar-refractivity contribution in [2.45, 2.75) is 32.2 Å². The molecular weight excluding hydrogens is 234 g/mol. The molecule has 1 saturated heterocycles. The lowest BCUT2D eigenvalue weighted by Crippen LogP contribution is -2.38. The largest absolute Gasteiger partial charge is 0.293 e. The van der Waals surface area contributed by atoms with Gasteiger partial charge in [0.15, 0.2) is 5.78 Å². The summed E-state index contributed by atoms with van der Waals surface area (Å²) in [6.45, 7) is 4.26. The Hall–Kier alpha value is -0.860. The maximum absolute atomic E-state index is 12.3. The van der Waals surface area contributed by atoms with Gasteiger partial charge in [0, 0.05) is 5.56 Å². The summed E-state index contributed by atoms with van der Waals surface area (Å²) in [6.07, 6.45) is 3.38. The van der Waals surface area contributed by atoms with E-state index in [0.29, 0.717) is 0 Å². The zero-order valence-electron chi connectivity index (χ0n) is 10.3. The van der Waals surface area contributed by atoms with E-state index in [1.165, 1.54) is 12.8 Å². The maximum atomic E-state index is 12.3. The summed E-state index contributed by atoms with van der Waals surface area (Å²) in [6, 6.07) is 9.74. The Morgan fingerprint density at radius 3 is 2.35 bits per heavy atom. The van der Waals surface area contributed by atoms with Crippen molar-refractivity contribution < 1.29 is 4.79 Å². The molecule has 1 atom stereocenters. The van der Waals surface area contributed by atoms with Crippen LogP contribution in [0.25, 0.3) is 0 Å². The molecule has 0 aromatic heterocycles. The maximum Gasteiger partial charge on any atom is 0.179 e. The van der Waals surface area contributed by atoms with Gasteiger partial charge in [-0.15, -0.1) is 12.4 Å². The lowest BCUT2D eigenvalue weighted by Gasteiger charge is -2.25. The monoisotopic (exact) mass is 253 g/mol. The van der Waals surface area contributed by atoms with Crippen LogP contribution in [0.4, 0.5) is 0 Å². The first-order valence-corrected chi connectivity index (χ1v) is 6.16. The number of carbonyl (C=O) groups is 1. The molecule has 2 rings (SSSR count). The molecule has 1 heterocycles. The van der Waals surface area contributed by atoms with Gasteiger partial charge in [0.05, 0.1) is 6.04 Å². The molecule has 0 spiro atoms. The Morgan fingerprint density at radius 1 is 1.24 bits per heavy atom. The summed E-state index contributed by atoms with van der Waals surface area (Å²) in [4.78, 5) is 14.6. The van der Waals surface area contributed by atoms with Gasteiger partial charge in [-0.2, -0.15) is 0 Å². The molecule has 94 valence electrons.